The Kier molecular flexibility index (Phi) is 6.73. The molecule has 8 nitrogen and oxygen atoms in total. The molecule has 2 N–H and O–H groups in total. The van der Waals surface area contributed by atoms with Gasteiger partial charge in [-0.25, -0.2) is 15.4 Å². The van der Waals surface area contributed by atoms with Crippen molar-refractivity contribution in [3.63, 3.8) is 0 Å². The Morgan fingerprint density at radius 1 is 0.947 bits per heavy atom. The first-order chi connectivity index (χ1) is 18.7. The Bertz CT molecular complexity index is 1520. The van der Waals surface area contributed by atoms with E-state index in [0.29, 0.717) is 18.0 Å². The van der Waals surface area contributed by atoms with E-state index < -0.39 is 5.91 Å². The van der Waals surface area contributed by atoms with Crippen LogP contribution < -0.4 is 5.48 Å². The van der Waals surface area contributed by atoms with E-state index in [1.165, 1.54) is 11.1 Å². The number of piperidine rings is 1. The number of hydrogen-bond donors (Lipinski definition) is 2. The highest BCUT2D eigenvalue weighted by Crippen LogP contribution is 2.30. The fraction of sp³-hybridized carbons (Fsp3) is 0.233. The van der Waals surface area contributed by atoms with Gasteiger partial charge in [0.2, 0.25) is 0 Å². The summed E-state index contributed by atoms with van der Waals surface area (Å²) < 4.78 is 4.15. The summed E-state index contributed by atoms with van der Waals surface area (Å²) >= 11 is 0. The van der Waals surface area contributed by atoms with Gasteiger partial charge < -0.3 is 9.13 Å². The molecule has 1 aliphatic rings. The van der Waals surface area contributed by atoms with E-state index in [0.717, 1.165) is 54.8 Å². The fourth-order valence-corrected chi connectivity index (χ4v) is 5.34. The summed E-state index contributed by atoms with van der Waals surface area (Å²) in [6.45, 7) is 3.80. The Hall–Kier alpha value is -4.27. The number of amides is 1. The number of carbonyl (C=O) groups is 1. The maximum absolute atomic E-state index is 11.5. The van der Waals surface area contributed by atoms with Gasteiger partial charge >= 0.3 is 0 Å². The zero-order valence-corrected chi connectivity index (χ0v) is 21.1. The van der Waals surface area contributed by atoms with Gasteiger partial charge in [-0.3, -0.25) is 14.9 Å². The van der Waals surface area contributed by atoms with Crippen LogP contribution in [0.15, 0.2) is 91.8 Å². The van der Waals surface area contributed by atoms with E-state index in [1.807, 2.05) is 35.4 Å². The number of fused-ring (bicyclic) bond motifs is 1. The van der Waals surface area contributed by atoms with Crippen molar-refractivity contribution in [1.29, 1.82) is 0 Å². The van der Waals surface area contributed by atoms with Crippen LogP contribution in [0.3, 0.4) is 0 Å². The number of pyridine rings is 1. The lowest BCUT2D eigenvalue weighted by atomic mass is 9.90. The predicted octanol–water partition coefficient (Wildman–Crippen LogP) is 4.77. The Labute approximate surface area is 221 Å². The quantitative estimate of drug-likeness (QED) is 0.245. The fourth-order valence-electron chi connectivity index (χ4n) is 5.34. The number of hydroxylamine groups is 1. The van der Waals surface area contributed by atoms with Crippen molar-refractivity contribution in [3.05, 3.63) is 114 Å². The largest absolute Gasteiger partial charge is 0.328 e. The first-order valence-corrected chi connectivity index (χ1v) is 12.9. The molecule has 1 aliphatic heterocycles. The topological polar surface area (TPSA) is 88.2 Å². The van der Waals surface area contributed by atoms with Gasteiger partial charge in [0.05, 0.1) is 6.33 Å². The first-order valence-electron chi connectivity index (χ1n) is 12.9. The van der Waals surface area contributed by atoms with E-state index in [-0.39, 0.29) is 0 Å². The van der Waals surface area contributed by atoms with Crippen molar-refractivity contribution in [3.8, 4) is 5.69 Å². The van der Waals surface area contributed by atoms with E-state index in [4.69, 9.17) is 10.2 Å². The lowest BCUT2D eigenvalue weighted by Gasteiger charge is -2.32. The first kappa shape index (κ1) is 24.1. The molecule has 0 radical (unpaired) electrons. The van der Waals surface area contributed by atoms with Gasteiger partial charge in [-0.1, -0.05) is 24.3 Å². The van der Waals surface area contributed by atoms with Crippen molar-refractivity contribution < 1.29 is 10.0 Å². The third kappa shape index (κ3) is 5.09. The molecular weight excluding hydrogens is 476 g/mol. The van der Waals surface area contributed by atoms with Gasteiger partial charge in [0.1, 0.15) is 5.65 Å². The molecule has 0 atom stereocenters. The van der Waals surface area contributed by atoms with Gasteiger partial charge in [-0.15, -0.1) is 0 Å². The van der Waals surface area contributed by atoms with Crippen molar-refractivity contribution in [2.45, 2.75) is 31.8 Å². The van der Waals surface area contributed by atoms with E-state index in [1.54, 1.807) is 23.8 Å². The van der Waals surface area contributed by atoms with Crippen LogP contribution in [0, 0.1) is 0 Å². The number of imidazole rings is 1. The zero-order valence-electron chi connectivity index (χ0n) is 21.1. The van der Waals surface area contributed by atoms with Crippen LogP contribution in [0.1, 0.15) is 45.8 Å². The minimum Gasteiger partial charge on any atom is -0.328 e. The van der Waals surface area contributed by atoms with Crippen molar-refractivity contribution in [2.24, 2.45) is 0 Å². The van der Waals surface area contributed by atoms with E-state index in [2.05, 4.69) is 57.0 Å². The molecule has 0 unspecified atom stereocenters. The van der Waals surface area contributed by atoms with Crippen molar-refractivity contribution >= 4 is 16.9 Å². The molecule has 2 aromatic carbocycles. The molecule has 6 rings (SSSR count). The standard InChI is InChI=1S/C30H30N6O2/c37-30(33-38)25-5-1-23(2-6-25)20-35-15-11-26-17-27(18-32-29(26)35)24-9-13-34(14-10-24)19-22-3-7-28(8-4-22)36-16-12-31-21-36/h1-8,11-12,15-18,21,24,38H,9-10,13-14,19-20H2,(H,33,37). The molecule has 5 aromatic rings. The summed E-state index contributed by atoms with van der Waals surface area (Å²) in [4.78, 5) is 23.0. The summed E-state index contributed by atoms with van der Waals surface area (Å²) in [6.07, 6.45) is 12.0. The molecule has 4 heterocycles. The normalized spacial score (nSPS) is 14.7. The minimum absolute atomic E-state index is 0.422. The van der Waals surface area contributed by atoms with Gasteiger partial charge in [-0.05, 0) is 84.9 Å². The third-order valence-corrected chi connectivity index (χ3v) is 7.50. The summed E-state index contributed by atoms with van der Waals surface area (Å²) in [7, 11) is 0. The number of benzene rings is 2. The van der Waals surface area contributed by atoms with Crippen LogP contribution >= 0.6 is 0 Å². The maximum Gasteiger partial charge on any atom is 0.274 e. The predicted molar refractivity (Wildman–Crippen MR) is 145 cm³/mol. The monoisotopic (exact) mass is 506 g/mol. The Morgan fingerprint density at radius 3 is 2.39 bits per heavy atom. The highest BCUT2D eigenvalue weighted by molar-refractivity contribution is 5.93. The molecule has 1 saturated heterocycles. The summed E-state index contributed by atoms with van der Waals surface area (Å²) in [5, 5.41) is 9.94. The van der Waals surface area contributed by atoms with Gasteiger partial charge in [0, 0.05) is 54.5 Å². The number of rotatable bonds is 7. The number of hydrogen-bond acceptors (Lipinski definition) is 5. The summed E-state index contributed by atoms with van der Waals surface area (Å²) in [6, 6.07) is 20.4. The minimum atomic E-state index is -0.511. The second kappa shape index (κ2) is 10.6. The Balaban J connectivity index is 1.06. The molecule has 0 spiro atoms. The number of carbonyl (C=O) groups excluding carboxylic acids is 1. The highest BCUT2D eigenvalue weighted by Gasteiger charge is 2.21. The molecular formula is C30H30N6O2. The molecule has 3 aromatic heterocycles. The smallest absolute Gasteiger partial charge is 0.274 e. The number of likely N-dealkylation sites (tertiary alicyclic amines) is 1. The van der Waals surface area contributed by atoms with Crippen LogP contribution in [0.4, 0.5) is 0 Å². The van der Waals surface area contributed by atoms with Gasteiger partial charge in [-0.2, -0.15) is 0 Å². The molecule has 0 bridgehead atoms. The molecule has 0 saturated carbocycles. The average molecular weight is 507 g/mol. The SMILES string of the molecule is O=C(NO)c1ccc(Cn2ccc3cc(C4CCN(Cc5ccc(-n6ccnc6)cc5)CC4)cnc32)cc1. The van der Waals surface area contributed by atoms with Crippen LogP contribution in [0.5, 0.6) is 0 Å². The molecule has 8 heteroatoms. The van der Waals surface area contributed by atoms with Gasteiger partial charge in [0.15, 0.2) is 0 Å². The third-order valence-electron chi connectivity index (χ3n) is 7.50. The number of aromatic nitrogens is 4. The lowest BCUT2D eigenvalue weighted by Crippen LogP contribution is -2.32. The lowest BCUT2D eigenvalue weighted by molar-refractivity contribution is 0.0706. The molecule has 192 valence electrons. The Morgan fingerprint density at radius 2 is 1.68 bits per heavy atom. The van der Waals surface area contributed by atoms with Crippen LogP contribution in [0.2, 0.25) is 0 Å². The maximum atomic E-state index is 11.5. The molecule has 1 amide bonds. The van der Waals surface area contributed by atoms with Crippen LogP contribution in [-0.2, 0) is 13.1 Å². The number of nitrogens with one attached hydrogen (secondary N) is 1. The molecule has 38 heavy (non-hydrogen) atoms. The molecule has 1 fully saturated rings. The van der Waals surface area contributed by atoms with Crippen LogP contribution in [0.25, 0.3) is 16.7 Å². The average Bonchev–Trinajstić information content (AvgIpc) is 3.64. The highest BCUT2D eigenvalue weighted by atomic mass is 16.5. The van der Waals surface area contributed by atoms with Crippen molar-refractivity contribution in [2.75, 3.05) is 13.1 Å². The summed E-state index contributed by atoms with van der Waals surface area (Å²) in [5.41, 5.74) is 7.89. The molecule has 0 aliphatic carbocycles. The summed E-state index contributed by atoms with van der Waals surface area (Å²) in [5.74, 6) is 0.0172. The van der Waals surface area contributed by atoms with E-state index >= 15 is 0 Å². The second-order valence-corrected chi connectivity index (χ2v) is 9.95. The zero-order chi connectivity index (χ0) is 25.9. The number of nitrogens with zero attached hydrogens (tertiary/aromatic N) is 5. The second-order valence-electron chi connectivity index (χ2n) is 9.95. The van der Waals surface area contributed by atoms with Gasteiger partial charge in [0.25, 0.3) is 5.91 Å². The van der Waals surface area contributed by atoms with Crippen LogP contribution in [-0.4, -0.2) is 48.2 Å². The van der Waals surface area contributed by atoms with E-state index in [9.17, 15) is 4.79 Å². The van der Waals surface area contributed by atoms with Crippen molar-refractivity contribution in [1.82, 2.24) is 29.5 Å².